The number of hydrogen-bond acceptors (Lipinski definition) is 6. The van der Waals surface area contributed by atoms with Gasteiger partial charge in [-0.1, -0.05) is 41.4 Å². The number of carbonyl (C=O) groups excluding carboxylic acids is 2. The van der Waals surface area contributed by atoms with E-state index in [0.717, 1.165) is 24.2 Å². The molecule has 8 heteroatoms. The molecule has 180 valence electrons. The van der Waals surface area contributed by atoms with Crippen molar-refractivity contribution >= 4 is 29.1 Å². The van der Waals surface area contributed by atoms with E-state index in [-0.39, 0.29) is 11.3 Å². The molecule has 2 fully saturated rings. The highest BCUT2D eigenvalue weighted by atomic mass is 35.5. The van der Waals surface area contributed by atoms with Crippen LogP contribution in [0.3, 0.4) is 0 Å². The minimum absolute atomic E-state index is 0.0658. The normalized spacial score (nSPS) is 20.7. The minimum Gasteiger partial charge on any atom is -0.507 e. The second kappa shape index (κ2) is 10.6. The summed E-state index contributed by atoms with van der Waals surface area (Å²) < 4.78 is 10.9. The van der Waals surface area contributed by atoms with Crippen LogP contribution in [-0.2, 0) is 14.3 Å². The number of morpholine rings is 1. The smallest absolute Gasteiger partial charge is 0.295 e. The number of likely N-dealkylation sites (tertiary alicyclic amines) is 1. The van der Waals surface area contributed by atoms with Crippen LogP contribution in [-0.4, -0.2) is 72.6 Å². The van der Waals surface area contributed by atoms with Crippen LogP contribution >= 0.6 is 11.6 Å². The zero-order chi connectivity index (χ0) is 24.2. The minimum atomic E-state index is -0.699. The van der Waals surface area contributed by atoms with Crippen molar-refractivity contribution in [2.24, 2.45) is 0 Å². The van der Waals surface area contributed by atoms with E-state index in [0.29, 0.717) is 49.2 Å². The van der Waals surface area contributed by atoms with Gasteiger partial charge in [-0.25, -0.2) is 0 Å². The Labute approximate surface area is 204 Å². The Morgan fingerprint density at radius 2 is 1.82 bits per heavy atom. The van der Waals surface area contributed by atoms with Gasteiger partial charge >= 0.3 is 0 Å². The van der Waals surface area contributed by atoms with Crippen molar-refractivity contribution < 1.29 is 24.2 Å². The molecule has 0 unspecified atom stereocenters. The molecule has 0 aromatic heterocycles. The van der Waals surface area contributed by atoms with E-state index in [9.17, 15) is 14.7 Å². The van der Waals surface area contributed by atoms with Crippen LogP contribution in [0.5, 0.6) is 5.75 Å². The van der Waals surface area contributed by atoms with Gasteiger partial charge in [0, 0.05) is 31.7 Å². The second-order valence-electron chi connectivity index (χ2n) is 8.44. The predicted octanol–water partition coefficient (Wildman–Crippen LogP) is 3.80. The van der Waals surface area contributed by atoms with Gasteiger partial charge in [0.2, 0.25) is 0 Å². The van der Waals surface area contributed by atoms with Gasteiger partial charge in [-0.2, -0.15) is 0 Å². The number of nitrogens with zero attached hydrogens (tertiary/aromatic N) is 2. The van der Waals surface area contributed by atoms with Crippen molar-refractivity contribution in [2.45, 2.75) is 19.9 Å². The first-order chi connectivity index (χ1) is 16.4. The van der Waals surface area contributed by atoms with Crippen LogP contribution in [0, 0.1) is 6.92 Å². The van der Waals surface area contributed by atoms with Gasteiger partial charge in [-0.3, -0.25) is 14.5 Å². The lowest BCUT2D eigenvalue weighted by molar-refractivity contribution is -0.140. The van der Waals surface area contributed by atoms with Crippen molar-refractivity contribution in [1.82, 2.24) is 9.80 Å². The Kier molecular flexibility index (Phi) is 7.56. The zero-order valence-electron chi connectivity index (χ0n) is 19.4. The number of ether oxygens (including phenoxy) is 2. The molecule has 2 heterocycles. The van der Waals surface area contributed by atoms with E-state index < -0.39 is 17.7 Å². The summed E-state index contributed by atoms with van der Waals surface area (Å²) in [6.45, 7) is 8.13. The summed E-state index contributed by atoms with van der Waals surface area (Å²) in [7, 11) is 0. The molecular weight excluding hydrogens is 456 g/mol. The third kappa shape index (κ3) is 4.97. The second-order valence-corrected chi connectivity index (χ2v) is 8.84. The molecule has 2 aromatic rings. The van der Waals surface area contributed by atoms with E-state index >= 15 is 0 Å². The molecule has 1 amide bonds. The van der Waals surface area contributed by atoms with Gasteiger partial charge < -0.3 is 19.5 Å². The van der Waals surface area contributed by atoms with E-state index in [1.54, 1.807) is 23.1 Å². The number of Topliss-reactive ketones (excluding diaryl/α,β-unsaturated/α-hetero) is 1. The van der Waals surface area contributed by atoms with Crippen LogP contribution in [0.2, 0.25) is 5.02 Å². The molecule has 34 heavy (non-hydrogen) atoms. The molecule has 0 aliphatic carbocycles. The number of benzene rings is 2. The highest BCUT2D eigenvalue weighted by Crippen LogP contribution is 2.40. The number of carbonyl (C=O) groups is 2. The number of halogens is 1. The van der Waals surface area contributed by atoms with E-state index in [1.807, 2.05) is 38.1 Å². The zero-order valence-corrected chi connectivity index (χ0v) is 20.2. The van der Waals surface area contributed by atoms with Crippen molar-refractivity contribution in [3.63, 3.8) is 0 Å². The van der Waals surface area contributed by atoms with Crippen molar-refractivity contribution in [3.8, 4) is 5.75 Å². The summed E-state index contributed by atoms with van der Waals surface area (Å²) >= 11 is 6.32. The first-order valence-corrected chi connectivity index (χ1v) is 11.9. The predicted molar refractivity (Wildman–Crippen MR) is 130 cm³/mol. The van der Waals surface area contributed by atoms with Crippen LogP contribution in [0.1, 0.15) is 29.7 Å². The third-order valence-electron chi connectivity index (χ3n) is 6.20. The summed E-state index contributed by atoms with van der Waals surface area (Å²) in [6.07, 6.45) is 0. The Balaban J connectivity index is 1.73. The van der Waals surface area contributed by atoms with Gasteiger partial charge in [-0.15, -0.1) is 0 Å². The number of aliphatic hydroxyl groups excluding tert-OH is 1. The SMILES string of the molecule is CCOc1ccc(C(O)=C2C(=O)C(=O)N(CCN3CCOCC3)[C@@H]2c2ccc(C)cc2)cc1Cl. The monoisotopic (exact) mass is 484 g/mol. The van der Waals surface area contributed by atoms with Crippen LogP contribution in [0.25, 0.3) is 5.76 Å². The van der Waals surface area contributed by atoms with E-state index in [2.05, 4.69) is 4.90 Å². The van der Waals surface area contributed by atoms with Crippen LogP contribution < -0.4 is 4.74 Å². The Morgan fingerprint density at radius 3 is 2.47 bits per heavy atom. The molecule has 0 spiro atoms. The molecule has 2 aromatic carbocycles. The molecular formula is C26H29ClN2O5. The van der Waals surface area contributed by atoms with Crippen molar-refractivity contribution in [2.75, 3.05) is 46.0 Å². The van der Waals surface area contributed by atoms with Gasteiger partial charge in [0.15, 0.2) is 0 Å². The number of ketones is 1. The fourth-order valence-electron chi connectivity index (χ4n) is 4.36. The molecule has 2 aliphatic rings. The third-order valence-corrected chi connectivity index (χ3v) is 6.49. The Hall–Kier alpha value is -2.87. The maximum absolute atomic E-state index is 13.2. The number of aryl methyl sites for hydroxylation is 1. The van der Waals surface area contributed by atoms with Crippen molar-refractivity contribution in [1.29, 1.82) is 0 Å². The van der Waals surface area contributed by atoms with Crippen LogP contribution in [0.15, 0.2) is 48.0 Å². The molecule has 2 saturated heterocycles. The molecule has 0 bridgehead atoms. The topological polar surface area (TPSA) is 79.3 Å². The molecule has 7 nitrogen and oxygen atoms in total. The summed E-state index contributed by atoms with van der Waals surface area (Å²) in [6, 6.07) is 11.8. The lowest BCUT2D eigenvalue weighted by atomic mass is 9.94. The Bertz CT molecular complexity index is 1090. The number of aliphatic hydroxyl groups is 1. The average Bonchev–Trinajstić information content (AvgIpc) is 3.09. The number of amides is 1. The first kappa shape index (κ1) is 24.3. The highest BCUT2D eigenvalue weighted by molar-refractivity contribution is 6.46. The molecule has 0 saturated carbocycles. The molecule has 2 aliphatic heterocycles. The largest absolute Gasteiger partial charge is 0.507 e. The molecule has 0 radical (unpaired) electrons. The van der Waals surface area contributed by atoms with Gasteiger partial charge in [-0.05, 0) is 37.6 Å². The lowest BCUT2D eigenvalue weighted by Gasteiger charge is -2.31. The lowest BCUT2D eigenvalue weighted by Crippen LogP contribution is -2.42. The molecule has 1 N–H and O–H groups in total. The standard InChI is InChI=1S/C26H29ClN2O5/c1-3-34-21-9-8-19(16-20(21)27)24(30)22-23(18-6-4-17(2)5-7-18)29(26(32)25(22)31)11-10-28-12-14-33-15-13-28/h4-9,16,23,30H,3,10-15H2,1-2H3/t23-/m1/s1. The number of rotatable bonds is 7. The van der Waals surface area contributed by atoms with E-state index in [1.165, 1.54) is 0 Å². The first-order valence-electron chi connectivity index (χ1n) is 11.5. The maximum Gasteiger partial charge on any atom is 0.295 e. The summed E-state index contributed by atoms with van der Waals surface area (Å²) in [4.78, 5) is 30.1. The average molecular weight is 485 g/mol. The van der Waals surface area contributed by atoms with Crippen LogP contribution in [0.4, 0.5) is 0 Å². The highest BCUT2D eigenvalue weighted by Gasteiger charge is 2.46. The number of hydrogen-bond donors (Lipinski definition) is 1. The summed E-state index contributed by atoms with van der Waals surface area (Å²) in [5, 5.41) is 11.5. The summed E-state index contributed by atoms with van der Waals surface area (Å²) in [5.41, 5.74) is 2.26. The fourth-order valence-corrected chi connectivity index (χ4v) is 4.59. The fraction of sp³-hybridized carbons (Fsp3) is 0.385. The van der Waals surface area contributed by atoms with Crippen molar-refractivity contribution in [3.05, 3.63) is 69.8 Å². The maximum atomic E-state index is 13.2. The molecule has 1 atom stereocenters. The quantitative estimate of drug-likeness (QED) is 0.366. The van der Waals surface area contributed by atoms with Gasteiger partial charge in [0.25, 0.3) is 11.7 Å². The van der Waals surface area contributed by atoms with Gasteiger partial charge in [0.1, 0.15) is 11.5 Å². The Morgan fingerprint density at radius 1 is 1.12 bits per heavy atom. The molecule has 4 rings (SSSR count). The van der Waals surface area contributed by atoms with Gasteiger partial charge in [0.05, 0.1) is 36.5 Å². The van der Waals surface area contributed by atoms with E-state index in [4.69, 9.17) is 21.1 Å². The summed E-state index contributed by atoms with van der Waals surface area (Å²) in [5.74, 6) is -1.07.